The largest absolute Gasteiger partial charge is 0.319 e. The van der Waals surface area contributed by atoms with Gasteiger partial charge in [0.2, 0.25) is 0 Å². The van der Waals surface area contributed by atoms with E-state index in [-0.39, 0.29) is 5.82 Å². The monoisotopic (exact) mass is 299 g/mol. The lowest BCUT2D eigenvalue weighted by molar-refractivity contribution is 0.374. The van der Waals surface area contributed by atoms with Gasteiger partial charge < -0.3 is 5.32 Å². The van der Waals surface area contributed by atoms with E-state index in [1.165, 1.54) is 24.8 Å². The number of hydrogen-bond acceptors (Lipinski definition) is 1. The molecule has 0 saturated heterocycles. The van der Waals surface area contributed by atoms with Gasteiger partial charge in [-0.3, -0.25) is 0 Å². The van der Waals surface area contributed by atoms with Crippen molar-refractivity contribution in [3.8, 4) is 0 Å². The summed E-state index contributed by atoms with van der Waals surface area (Å²) < 4.78 is 13.7. The fraction of sp³-hybridized carbons (Fsp3) is 0.571. The van der Waals surface area contributed by atoms with Gasteiger partial charge in [0.05, 0.1) is 4.47 Å². The summed E-state index contributed by atoms with van der Waals surface area (Å²) in [5.74, 6) is 1.36. The molecule has 1 aliphatic carbocycles. The lowest BCUT2D eigenvalue weighted by atomic mass is 9.89. The smallest absolute Gasteiger partial charge is 0.137 e. The van der Waals surface area contributed by atoms with Crippen molar-refractivity contribution in [3.05, 3.63) is 34.1 Å². The second kappa shape index (κ2) is 5.96. The van der Waals surface area contributed by atoms with E-state index in [0.717, 1.165) is 24.8 Å². The van der Waals surface area contributed by atoms with Crippen LogP contribution in [-0.4, -0.2) is 13.6 Å². The molecule has 3 heteroatoms. The van der Waals surface area contributed by atoms with E-state index in [2.05, 4.69) is 21.2 Å². The van der Waals surface area contributed by atoms with Crippen molar-refractivity contribution in [3.63, 3.8) is 0 Å². The van der Waals surface area contributed by atoms with Gasteiger partial charge in [0.15, 0.2) is 0 Å². The molecule has 1 nitrogen and oxygen atoms in total. The number of halogens is 2. The molecule has 1 aliphatic rings. The van der Waals surface area contributed by atoms with E-state index < -0.39 is 0 Å². The van der Waals surface area contributed by atoms with Gasteiger partial charge in [-0.2, -0.15) is 0 Å². The van der Waals surface area contributed by atoms with Crippen LogP contribution in [0, 0.1) is 17.7 Å². The first-order chi connectivity index (χ1) is 8.20. The molecule has 0 heterocycles. The predicted molar refractivity (Wildman–Crippen MR) is 72.6 cm³/mol. The number of nitrogens with one attached hydrogen (secondary N) is 1. The van der Waals surface area contributed by atoms with Gasteiger partial charge in [-0.25, -0.2) is 4.39 Å². The summed E-state index contributed by atoms with van der Waals surface area (Å²) in [6, 6.07) is 5.39. The normalized spacial score (nSPS) is 24.2. The van der Waals surface area contributed by atoms with Gasteiger partial charge in [-0.1, -0.05) is 12.5 Å². The van der Waals surface area contributed by atoms with Crippen LogP contribution >= 0.6 is 15.9 Å². The van der Waals surface area contributed by atoms with Crippen molar-refractivity contribution in [1.82, 2.24) is 5.32 Å². The SMILES string of the molecule is CNCC1CCCC1Cc1ccc(F)c(Br)c1. The molecule has 2 atom stereocenters. The Labute approximate surface area is 111 Å². The third-order valence-electron chi connectivity index (χ3n) is 3.76. The molecule has 0 aliphatic heterocycles. The van der Waals surface area contributed by atoms with Crippen molar-refractivity contribution in [2.75, 3.05) is 13.6 Å². The molecule has 0 spiro atoms. The Morgan fingerprint density at radius 1 is 1.35 bits per heavy atom. The molecule has 2 rings (SSSR count). The summed E-state index contributed by atoms with van der Waals surface area (Å²) in [6.45, 7) is 1.10. The fourth-order valence-electron chi connectivity index (χ4n) is 2.88. The zero-order valence-corrected chi connectivity index (χ0v) is 11.8. The Hall–Kier alpha value is -0.410. The van der Waals surface area contributed by atoms with Crippen LogP contribution < -0.4 is 5.32 Å². The molecule has 0 radical (unpaired) electrons. The predicted octanol–water partition coefficient (Wildman–Crippen LogP) is 3.77. The average Bonchev–Trinajstić information content (AvgIpc) is 2.72. The van der Waals surface area contributed by atoms with Crippen molar-refractivity contribution in [2.24, 2.45) is 11.8 Å². The lowest BCUT2D eigenvalue weighted by Gasteiger charge is -2.19. The quantitative estimate of drug-likeness (QED) is 0.892. The van der Waals surface area contributed by atoms with Gasteiger partial charge in [-0.05, 0) is 78.3 Å². The average molecular weight is 300 g/mol. The van der Waals surface area contributed by atoms with Crippen LogP contribution in [0.4, 0.5) is 4.39 Å². The number of benzene rings is 1. The first kappa shape index (κ1) is 13.0. The maximum absolute atomic E-state index is 13.2. The molecule has 0 aromatic heterocycles. The van der Waals surface area contributed by atoms with Gasteiger partial charge in [0.25, 0.3) is 0 Å². The number of rotatable bonds is 4. The highest BCUT2D eigenvalue weighted by Gasteiger charge is 2.26. The van der Waals surface area contributed by atoms with E-state index in [0.29, 0.717) is 4.47 Å². The topological polar surface area (TPSA) is 12.0 Å². The molecule has 1 aromatic carbocycles. The summed E-state index contributed by atoms with van der Waals surface area (Å²) in [7, 11) is 2.02. The highest BCUT2D eigenvalue weighted by molar-refractivity contribution is 9.10. The summed E-state index contributed by atoms with van der Waals surface area (Å²) in [5, 5.41) is 3.28. The summed E-state index contributed by atoms with van der Waals surface area (Å²) >= 11 is 3.25. The Morgan fingerprint density at radius 2 is 2.12 bits per heavy atom. The molecule has 17 heavy (non-hydrogen) atoms. The minimum absolute atomic E-state index is 0.174. The van der Waals surface area contributed by atoms with Crippen LogP contribution in [0.2, 0.25) is 0 Å². The zero-order valence-electron chi connectivity index (χ0n) is 10.2. The Balaban J connectivity index is 2.02. The van der Waals surface area contributed by atoms with Crippen molar-refractivity contribution in [2.45, 2.75) is 25.7 Å². The summed E-state index contributed by atoms with van der Waals surface area (Å²) in [4.78, 5) is 0. The van der Waals surface area contributed by atoms with Crippen LogP contribution in [-0.2, 0) is 6.42 Å². The van der Waals surface area contributed by atoms with Crippen LogP contribution in [0.5, 0.6) is 0 Å². The second-order valence-corrected chi connectivity index (χ2v) is 5.82. The Morgan fingerprint density at radius 3 is 2.82 bits per heavy atom. The second-order valence-electron chi connectivity index (χ2n) is 4.96. The van der Waals surface area contributed by atoms with E-state index in [4.69, 9.17) is 0 Å². The molecule has 2 unspecified atom stereocenters. The first-order valence-corrected chi connectivity index (χ1v) is 7.08. The van der Waals surface area contributed by atoms with E-state index in [1.807, 2.05) is 19.2 Å². The summed E-state index contributed by atoms with van der Waals surface area (Å²) in [5.41, 5.74) is 1.24. The molecule has 0 bridgehead atoms. The maximum Gasteiger partial charge on any atom is 0.137 e. The van der Waals surface area contributed by atoms with Gasteiger partial charge >= 0.3 is 0 Å². The van der Waals surface area contributed by atoms with Crippen LogP contribution in [0.3, 0.4) is 0 Å². The van der Waals surface area contributed by atoms with Crippen LogP contribution in [0.15, 0.2) is 22.7 Å². The Bertz CT molecular complexity index is 380. The molecular weight excluding hydrogens is 281 g/mol. The fourth-order valence-corrected chi connectivity index (χ4v) is 3.31. The third-order valence-corrected chi connectivity index (χ3v) is 4.37. The van der Waals surface area contributed by atoms with Crippen molar-refractivity contribution in [1.29, 1.82) is 0 Å². The van der Waals surface area contributed by atoms with Gasteiger partial charge in [0.1, 0.15) is 5.82 Å². The van der Waals surface area contributed by atoms with Crippen LogP contribution in [0.25, 0.3) is 0 Å². The summed E-state index contributed by atoms with van der Waals surface area (Å²) in [6.07, 6.45) is 5.04. The van der Waals surface area contributed by atoms with Gasteiger partial charge in [0, 0.05) is 0 Å². The van der Waals surface area contributed by atoms with E-state index in [1.54, 1.807) is 6.07 Å². The molecular formula is C14H19BrFN. The lowest BCUT2D eigenvalue weighted by Crippen LogP contribution is -2.23. The molecule has 1 fully saturated rings. The Kier molecular flexibility index (Phi) is 4.57. The van der Waals surface area contributed by atoms with Gasteiger partial charge in [-0.15, -0.1) is 0 Å². The van der Waals surface area contributed by atoms with E-state index >= 15 is 0 Å². The van der Waals surface area contributed by atoms with Crippen molar-refractivity contribution >= 4 is 15.9 Å². The minimum Gasteiger partial charge on any atom is -0.319 e. The number of hydrogen-bond donors (Lipinski definition) is 1. The molecule has 1 N–H and O–H groups in total. The molecule has 94 valence electrons. The van der Waals surface area contributed by atoms with Crippen LogP contribution in [0.1, 0.15) is 24.8 Å². The van der Waals surface area contributed by atoms with E-state index in [9.17, 15) is 4.39 Å². The maximum atomic E-state index is 13.2. The zero-order chi connectivity index (χ0) is 12.3. The third kappa shape index (κ3) is 3.29. The molecule has 0 amide bonds. The highest BCUT2D eigenvalue weighted by atomic mass is 79.9. The standard InChI is InChI=1S/C14H19BrFN/c1-17-9-12-4-2-3-11(12)7-10-5-6-14(16)13(15)8-10/h5-6,8,11-12,17H,2-4,7,9H2,1H3. The molecule has 1 aromatic rings. The van der Waals surface area contributed by atoms with Crippen molar-refractivity contribution < 1.29 is 4.39 Å². The first-order valence-electron chi connectivity index (χ1n) is 6.29. The minimum atomic E-state index is -0.174. The molecule has 1 saturated carbocycles. The highest BCUT2D eigenvalue weighted by Crippen LogP contribution is 2.34.